The third kappa shape index (κ3) is 5.69. The molecule has 0 heterocycles. The molecule has 9 heteroatoms. The molecule has 0 bridgehead atoms. The Balaban J connectivity index is 2.18. The molecule has 3 N–H and O–H groups in total. The minimum absolute atomic E-state index is 0.105. The number of benzene rings is 1. The van der Waals surface area contributed by atoms with Gasteiger partial charge in [-0.05, 0) is 32.8 Å². The van der Waals surface area contributed by atoms with Crippen molar-refractivity contribution in [3.8, 4) is 0 Å². The van der Waals surface area contributed by atoms with Gasteiger partial charge in [0.15, 0.2) is 0 Å². The monoisotopic (exact) mass is 406 g/mol. The van der Waals surface area contributed by atoms with Gasteiger partial charge in [0.05, 0.1) is 13.0 Å². The molecule has 0 unspecified atom stereocenters. The van der Waals surface area contributed by atoms with Gasteiger partial charge in [0.1, 0.15) is 17.2 Å². The molecule has 1 aromatic carbocycles. The molecule has 1 aliphatic rings. The minimum atomic E-state index is -1.68. The average molecular weight is 406 g/mol. The van der Waals surface area contributed by atoms with Crippen molar-refractivity contribution >= 4 is 23.9 Å². The number of esters is 1. The largest absolute Gasteiger partial charge is 0.481 e. The van der Waals surface area contributed by atoms with Gasteiger partial charge in [-0.25, -0.2) is 9.59 Å². The van der Waals surface area contributed by atoms with Crippen molar-refractivity contribution in [1.82, 2.24) is 10.6 Å². The molecule has 0 aliphatic heterocycles. The first-order chi connectivity index (χ1) is 13.5. The van der Waals surface area contributed by atoms with Crippen molar-refractivity contribution in [2.24, 2.45) is 5.92 Å². The maximum Gasteiger partial charge on any atom is 0.408 e. The third-order valence-corrected chi connectivity index (χ3v) is 4.46. The van der Waals surface area contributed by atoms with E-state index in [-0.39, 0.29) is 12.8 Å². The number of aliphatic carboxylic acids is 1. The number of carboxylic acids is 1. The first kappa shape index (κ1) is 22.2. The maximum absolute atomic E-state index is 12.9. The predicted octanol–water partition coefficient (Wildman–Crippen LogP) is 1.25. The number of nitrogens with one attached hydrogen (secondary N) is 2. The molecule has 2 amide bonds. The van der Waals surface area contributed by atoms with Crippen molar-refractivity contribution in [2.75, 3.05) is 7.11 Å². The van der Waals surface area contributed by atoms with Crippen LogP contribution in [0.15, 0.2) is 30.3 Å². The van der Waals surface area contributed by atoms with Gasteiger partial charge in [0, 0.05) is 6.42 Å². The number of ether oxygens (including phenoxy) is 2. The van der Waals surface area contributed by atoms with Gasteiger partial charge in [-0.3, -0.25) is 9.59 Å². The maximum atomic E-state index is 12.9. The SMILES string of the molecule is COC(=O)[C@H](Cc1ccccc1)NC(=O)[C@@]1(NC(=O)OC(C)(C)C)C[C@@H]1C(=O)O. The molecule has 0 spiro atoms. The Morgan fingerprint density at radius 1 is 1.21 bits per heavy atom. The van der Waals surface area contributed by atoms with Crippen LogP contribution in [0.5, 0.6) is 0 Å². The Morgan fingerprint density at radius 3 is 2.31 bits per heavy atom. The minimum Gasteiger partial charge on any atom is -0.481 e. The summed E-state index contributed by atoms with van der Waals surface area (Å²) in [6.45, 7) is 4.94. The van der Waals surface area contributed by atoms with Crippen molar-refractivity contribution in [2.45, 2.75) is 50.8 Å². The number of carbonyl (C=O) groups excluding carboxylic acids is 3. The number of hydrogen-bond donors (Lipinski definition) is 3. The van der Waals surface area contributed by atoms with E-state index in [1.54, 1.807) is 45.0 Å². The number of hydrogen-bond acceptors (Lipinski definition) is 6. The lowest BCUT2D eigenvalue weighted by Crippen LogP contribution is -2.56. The number of amides is 2. The summed E-state index contributed by atoms with van der Waals surface area (Å²) in [7, 11) is 1.19. The number of methoxy groups -OCH3 is 1. The zero-order valence-electron chi connectivity index (χ0n) is 16.9. The summed E-state index contributed by atoms with van der Waals surface area (Å²) in [6, 6.07) is 7.93. The summed E-state index contributed by atoms with van der Waals surface area (Å²) in [5, 5.41) is 14.2. The van der Waals surface area contributed by atoms with Gasteiger partial charge in [0.25, 0.3) is 0 Å². The summed E-state index contributed by atoms with van der Waals surface area (Å²) in [4.78, 5) is 48.7. The van der Waals surface area contributed by atoms with E-state index in [0.29, 0.717) is 0 Å². The number of carbonyl (C=O) groups is 4. The molecule has 1 saturated carbocycles. The van der Waals surface area contributed by atoms with Crippen LogP contribution in [0.1, 0.15) is 32.8 Å². The lowest BCUT2D eigenvalue weighted by Gasteiger charge is -2.25. The van der Waals surface area contributed by atoms with Crippen molar-refractivity contribution in [3.63, 3.8) is 0 Å². The number of alkyl carbamates (subject to hydrolysis) is 1. The third-order valence-electron chi connectivity index (χ3n) is 4.46. The summed E-state index contributed by atoms with van der Waals surface area (Å²) in [5.41, 5.74) is -1.73. The van der Waals surface area contributed by atoms with Gasteiger partial charge in [0.2, 0.25) is 5.91 Å². The molecule has 0 aromatic heterocycles. The molecule has 29 heavy (non-hydrogen) atoms. The van der Waals surface area contributed by atoms with Crippen LogP contribution in [0.2, 0.25) is 0 Å². The summed E-state index contributed by atoms with van der Waals surface area (Å²) >= 11 is 0. The first-order valence-electron chi connectivity index (χ1n) is 9.15. The van der Waals surface area contributed by atoms with Crippen molar-refractivity contribution in [3.05, 3.63) is 35.9 Å². The molecule has 3 atom stereocenters. The Hall–Kier alpha value is -3.10. The van der Waals surface area contributed by atoms with Crippen LogP contribution in [0.25, 0.3) is 0 Å². The van der Waals surface area contributed by atoms with E-state index >= 15 is 0 Å². The Morgan fingerprint density at radius 2 is 1.83 bits per heavy atom. The van der Waals surface area contributed by atoms with Gasteiger partial charge < -0.3 is 25.2 Å². The van der Waals surface area contributed by atoms with Gasteiger partial charge in [-0.15, -0.1) is 0 Å². The summed E-state index contributed by atoms with van der Waals surface area (Å²) < 4.78 is 9.90. The summed E-state index contributed by atoms with van der Waals surface area (Å²) in [5.74, 6) is -3.80. The molecular weight excluding hydrogens is 380 g/mol. The van der Waals surface area contributed by atoms with Crippen LogP contribution < -0.4 is 10.6 Å². The fourth-order valence-corrected chi connectivity index (χ4v) is 2.97. The number of rotatable bonds is 7. The smallest absolute Gasteiger partial charge is 0.408 e. The Bertz CT molecular complexity index is 788. The molecule has 1 fully saturated rings. The van der Waals surface area contributed by atoms with Gasteiger partial charge >= 0.3 is 18.0 Å². The predicted molar refractivity (Wildman–Crippen MR) is 102 cm³/mol. The highest BCUT2D eigenvalue weighted by Gasteiger charge is 2.66. The lowest BCUT2D eigenvalue weighted by atomic mass is 10.0. The normalized spacial score (nSPS) is 21.4. The molecule has 9 nitrogen and oxygen atoms in total. The van der Waals surface area contributed by atoms with E-state index in [1.165, 1.54) is 7.11 Å². The first-order valence-corrected chi connectivity index (χ1v) is 9.15. The number of carboxylic acid groups (broad SMARTS) is 1. The van der Waals surface area contributed by atoms with Crippen molar-refractivity contribution < 1.29 is 33.8 Å². The lowest BCUT2D eigenvalue weighted by molar-refractivity contribution is -0.145. The Labute approximate surface area is 168 Å². The zero-order valence-corrected chi connectivity index (χ0v) is 16.9. The van der Waals surface area contributed by atoms with E-state index in [9.17, 15) is 24.3 Å². The van der Waals surface area contributed by atoms with E-state index in [2.05, 4.69) is 10.6 Å². The highest BCUT2D eigenvalue weighted by molar-refractivity contribution is 6.01. The van der Waals surface area contributed by atoms with E-state index in [0.717, 1.165) is 5.56 Å². The summed E-state index contributed by atoms with van der Waals surface area (Å²) in [6.07, 6.45) is -0.860. The average Bonchev–Trinajstić information content (AvgIpc) is 3.35. The fourth-order valence-electron chi connectivity index (χ4n) is 2.97. The quantitative estimate of drug-likeness (QED) is 0.581. The second kappa shape index (κ2) is 8.50. The molecule has 0 radical (unpaired) electrons. The van der Waals surface area contributed by atoms with Crippen LogP contribution in [0, 0.1) is 5.92 Å². The van der Waals surface area contributed by atoms with E-state index < -0.39 is 47.0 Å². The van der Waals surface area contributed by atoms with Crippen LogP contribution in [0.3, 0.4) is 0 Å². The molecule has 158 valence electrons. The highest BCUT2D eigenvalue weighted by Crippen LogP contribution is 2.44. The fraction of sp³-hybridized carbons (Fsp3) is 0.500. The van der Waals surface area contributed by atoms with Crippen molar-refractivity contribution in [1.29, 1.82) is 0 Å². The van der Waals surface area contributed by atoms with Crippen LogP contribution >= 0.6 is 0 Å². The molecule has 1 aliphatic carbocycles. The molecule has 0 saturated heterocycles. The molecule has 1 aromatic rings. The van der Waals surface area contributed by atoms with E-state index in [4.69, 9.17) is 9.47 Å². The molecule has 2 rings (SSSR count). The van der Waals surface area contributed by atoms with E-state index in [1.807, 2.05) is 6.07 Å². The Kier molecular flexibility index (Phi) is 6.51. The van der Waals surface area contributed by atoms with Gasteiger partial charge in [-0.1, -0.05) is 30.3 Å². The topological polar surface area (TPSA) is 131 Å². The van der Waals surface area contributed by atoms with Crippen LogP contribution in [-0.2, 0) is 30.3 Å². The molecular formula is C20H26N2O7. The second-order valence-corrected chi connectivity index (χ2v) is 7.93. The van der Waals surface area contributed by atoms with Crippen LogP contribution in [-0.4, -0.2) is 53.3 Å². The standard InChI is InChI=1S/C20H26N2O7/c1-19(2,3)29-18(27)22-20(11-13(20)15(23)24)17(26)21-14(16(25)28-4)10-12-8-6-5-7-9-12/h5-9,13-14H,10-11H2,1-4H3,(H,21,26)(H,22,27)(H,23,24)/t13-,14+,20-/m1/s1. The van der Waals surface area contributed by atoms with Crippen LogP contribution in [0.4, 0.5) is 4.79 Å². The second-order valence-electron chi connectivity index (χ2n) is 7.93. The highest BCUT2D eigenvalue weighted by atomic mass is 16.6. The van der Waals surface area contributed by atoms with Gasteiger partial charge in [-0.2, -0.15) is 0 Å². The zero-order chi connectivity index (χ0) is 21.8.